The number of β-amino-alcohol motifs (C(OH)–C–C–N with tert-alkyl or cyclic N) is 1. The van der Waals surface area contributed by atoms with Crippen molar-refractivity contribution in [2.45, 2.75) is 19.4 Å². The molecule has 0 saturated carbocycles. The molecule has 0 aliphatic carbocycles. The molecule has 18 heavy (non-hydrogen) atoms. The molecule has 0 aromatic carbocycles. The van der Waals surface area contributed by atoms with Crippen LogP contribution in [0.25, 0.3) is 0 Å². The Morgan fingerprint density at radius 2 is 2.06 bits per heavy atom. The van der Waals surface area contributed by atoms with Crippen LogP contribution in [0.3, 0.4) is 0 Å². The zero-order valence-electron chi connectivity index (χ0n) is 10.9. The van der Waals surface area contributed by atoms with Crippen LogP contribution in [0.4, 0.5) is 5.82 Å². The standard InChI is InChI=1S/C12H20N4O2/c1-12(2,18)9-15-5-7-16(8-6-15)10-11(17)14-4-3-13-10/h3-4,18H,5-9H2,1-2H3,(H,14,17). The number of H-pyrrole nitrogens is 1. The predicted molar refractivity (Wildman–Crippen MR) is 69.8 cm³/mol. The minimum absolute atomic E-state index is 0.145. The Morgan fingerprint density at radius 1 is 1.39 bits per heavy atom. The molecule has 6 heteroatoms. The number of nitrogens with zero attached hydrogens (tertiary/aromatic N) is 3. The van der Waals surface area contributed by atoms with Crippen LogP contribution in [0.15, 0.2) is 17.2 Å². The van der Waals surface area contributed by atoms with Crippen molar-refractivity contribution >= 4 is 5.82 Å². The monoisotopic (exact) mass is 252 g/mol. The smallest absolute Gasteiger partial charge is 0.290 e. The predicted octanol–water partition coefficient (Wildman–Crippen LogP) is -0.337. The highest BCUT2D eigenvalue weighted by molar-refractivity contribution is 5.35. The molecule has 0 bridgehead atoms. The van der Waals surface area contributed by atoms with Gasteiger partial charge in [-0.3, -0.25) is 9.69 Å². The van der Waals surface area contributed by atoms with Gasteiger partial charge >= 0.3 is 0 Å². The van der Waals surface area contributed by atoms with E-state index in [0.29, 0.717) is 12.4 Å². The fraction of sp³-hybridized carbons (Fsp3) is 0.667. The summed E-state index contributed by atoms with van der Waals surface area (Å²) in [5, 5.41) is 9.77. The van der Waals surface area contributed by atoms with Gasteiger partial charge in [0.15, 0.2) is 5.82 Å². The average Bonchev–Trinajstić information content (AvgIpc) is 2.29. The van der Waals surface area contributed by atoms with Crippen molar-refractivity contribution in [3.05, 3.63) is 22.7 Å². The van der Waals surface area contributed by atoms with Crippen LogP contribution in [0.1, 0.15) is 13.8 Å². The molecule has 100 valence electrons. The first kappa shape index (κ1) is 13.0. The number of aliphatic hydroxyl groups is 1. The Balaban J connectivity index is 1.95. The van der Waals surface area contributed by atoms with Crippen LogP contribution >= 0.6 is 0 Å². The molecule has 1 fully saturated rings. The summed E-state index contributed by atoms with van der Waals surface area (Å²) in [6.07, 6.45) is 3.14. The Hall–Kier alpha value is -1.40. The zero-order chi connectivity index (χ0) is 13.2. The molecule has 0 unspecified atom stereocenters. The number of rotatable bonds is 3. The van der Waals surface area contributed by atoms with E-state index in [0.717, 1.165) is 26.2 Å². The molecule has 0 spiro atoms. The molecular formula is C12H20N4O2. The minimum atomic E-state index is -0.676. The SMILES string of the molecule is CC(C)(O)CN1CCN(c2ncc[nH]c2=O)CC1. The van der Waals surface area contributed by atoms with Crippen molar-refractivity contribution in [3.63, 3.8) is 0 Å². The quantitative estimate of drug-likeness (QED) is 0.770. The summed E-state index contributed by atoms with van der Waals surface area (Å²) in [7, 11) is 0. The van der Waals surface area contributed by atoms with Gasteiger partial charge in [0.1, 0.15) is 0 Å². The summed E-state index contributed by atoms with van der Waals surface area (Å²) < 4.78 is 0. The highest BCUT2D eigenvalue weighted by Gasteiger charge is 2.24. The van der Waals surface area contributed by atoms with Gasteiger partial charge in [0.05, 0.1) is 5.60 Å². The number of aromatic nitrogens is 2. The van der Waals surface area contributed by atoms with Crippen LogP contribution in [-0.4, -0.2) is 58.3 Å². The highest BCUT2D eigenvalue weighted by Crippen LogP contribution is 2.11. The fourth-order valence-corrected chi connectivity index (χ4v) is 2.23. The van der Waals surface area contributed by atoms with E-state index in [1.165, 1.54) is 6.20 Å². The summed E-state index contributed by atoms with van der Waals surface area (Å²) >= 11 is 0. The van der Waals surface area contributed by atoms with Gasteiger partial charge in [0.25, 0.3) is 5.56 Å². The Bertz CT molecular complexity index is 444. The van der Waals surface area contributed by atoms with E-state index in [2.05, 4.69) is 14.9 Å². The lowest BCUT2D eigenvalue weighted by molar-refractivity contribution is 0.0344. The number of nitrogens with one attached hydrogen (secondary N) is 1. The van der Waals surface area contributed by atoms with Crippen LogP contribution in [-0.2, 0) is 0 Å². The normalized spacial score (nSPS) is 18.1. The van der Waals surface area contributed by atoms with Gasteiger partial charge in [-0.25, -0.2) is 4.98 Å². The lowest BCUT2D eigenvalue weighted by Gasteiger charge is -2.37. The summed E-state index contributed by atoms with van der Waals surface area (Å²) in [6.45, 7) is 7.46. The van der Waals surface area contributed by atoms with Crippen molar-refractivity contribution in [1.82, 2.24) is 14.9 Å². The topological polar surface area (TPSA) is 72.5 Å². The molecule has 6 nitrogen and oxygen atoms in total. The number of hydrogen-bond acceptors (Lipinski definition) is 5. The second-order valence-electron chi connectivity index (χ2n) is 5.32. The average molecular weight is 252 g/mol. The second-order valence-corrected chi connectivity index (χ2v) is 5.32. The van der Waals surface area contributed by atoms with E-state index < -0.39 is 5.60 Å². The second kappa shape index (κ2) is 5.07. The molecule has 1 aliphatic rings. The maximum absolute atomic E-state index is 11.6. The third kappa shape index (κ3) is 3.30. The van der Waals surface area contributed by atoms with Gasteiger partial charge in [-0.2, -0.15) is 0 Å². The van der Waals surface area contributed by atoms with E-state index in [9.17, 15) is 9.90 Å². The fourth-order valence-electron chi connectivity index (χ4n) is 2.23. The molecule has 1 aromatic heterocycles. The van der Waals surface area contributed by atoms with Crippen molar-refractivity contribution in [2.75, 3.05) is 37.6 Å². The molecule has 1 aromatic rings. The van der Waals surface area contributed by atoms with Gasteiger partial charge in [-0.15, -0.1) is 0 Å². The van der Waals surface area contributed by atoms with Crippen molar-refractivity contribution in [2.24, 2.45) is 0 Å². The third-order valence-corrected chi connectivity index (χ3v) is 2.97. The molecule has 1 saturated heterocycles. The van der Waals surface area contributed by atoms with Crippen LogP contribution in [0.2, 0.25) is 0 Å². The van der Waals surface area contributed by atoms with Gasteiger partial charge in [0, 0.05) is 45.1 Å². The maximum Gasteiger partial charge on any atom is 0.290 e. The van der Waals surface area contributed by atoms with Gasteiger partial charge in [0.2, 0.25) is 0 Å². The molecule has 2 rings (SSSR count). The molecule has 1 aliphatic heterocycles. The number of anilines is 1. The van der Waals surface area contributed by atoms with E-state index in [-0.39, 0.29) is 5.56 Å². The first-order valence-corrected chi connectivity index (χ1v) is 6.19. The van der Waals surface area contributed by atoms with Gasteiger partial charge in [-0.1, -0.05) is 0 Å². The van der Waals surface area contributed by atoms with Crippen LogP contribution in [0, 0.1) is 0 Å². The summed E-state index contributed by atoms with van der Waals surface area (Å²) in [5.74, 6) is 0.486. The first-order valence-electron chi connectivity index (χ1n) is 6.19. The van der Waals surface area contributed by atoms with Crippen molar-refractivity contribution in [1.29, 1.82) is 0 Å². The number of aromatic amines is 1. The van der Waals surface area contributed by atoms with Gasteiger partial charge in [-0.05, 0) is 13.8 Å². The van der Waals surface area contributed by atoms with Crippen LogP contribution < -0.4 is 10.5 Å². The number of hydrogen-bond donors (Lipinski definition) is 2. The Labute approximate surface area is 106 Å². The zero-order valence-corrected chi connectivity index (χ0v) is 10.9. The molecule has 0 atom stereocenters. The minimum Gasteiger partial charge on any atom is -0.389 e. The van der Waals surface area contributed by atoms with E-state index >= 15 is 0 Å². The third-order valence-electron chi connectivity index (χ3n) is 2.97. The van der Waals surface area contributed by atoms with Gasteiger partial charge < -0.3 is 15.0 Å². The summed E-state index contributed by atoms with van der Waals surface area (Å²) in [4.78, 5) is 22.6. The summed E-state index contributed by atoms with van der Waals surface area (Å²) in [5.41, 5.74) is -0.821. The lowest BCUT2D eigenvalue weighted by Crippen LogP contribution is -2.51. The highest BCUT2D eigenvalue weighted by atomic mass is 16.3. The lowest BCUT2D eigenvalue weighted by atomic mass is 10.1. The van der Waals surface area contributed by atoms with E-state index in [1.807, 2.05) is 18.7 Å². The number of piperazine rings is 1. The van der Waals surface area contributed by atoms with Crippen molar-refractivity contribution < 1.29 is 5.11 Å². The van der Waals surface area contributed by atoms with E-state index in [4.69, 9.17) is 0 Å². The first-order chi connectivity index (χ1) is 8.46. The molecular weight excluding hydrogens is 232 g/mol. The van der Waals surface area contributed by atoms with E-state index in [1.54, 1.807) is 6.20 Å². The molecule has 2 N–H and O–H groups in total. The Morgan fingerprint density at radius 3 is 2.61 bits per heavy atom. The summed E-state index contributed by atoms with van der Waals surface area (Å²) in [6, 6.07) is 0. The maximum atomic E-state index is 11.6. The largest absolute Gasteiger partial charge is 0.389 e. The van der Waals surface area contributed by atoms with Crippen molar-refractivity contribution in [3.8, 4) is 0 Å². The molecule has 2 heterocycles. The van der Waals surface area contributed by atoms with Crippen LogP contribution in [0.5, 0.6) is 0 Å². The molecule has 0 radical (unpaired) electrons. The molecule has 0 amide bonds. The Kier molecular flexibility index (Phi) is 3.68.